The second-order valence-electron chi connectivity index (χ2n) is 3.59. The van der Waals surface area contributed by atoms with Gasteiger partial charge in [0.25, 0.3) is 11.5 Å². The van der Waals surface area contributed by atoms with Gasteiger partial charge in [0.05, 0.1) is 6.61 Å². The van der Waals surface area contributed by atoms with Gasteiger partial charge in [0.2, 0.25) is 5.88 Å². The van der Waals surface area contributed by atoms with Crippen LogP contribution in [0.1, 0.15) is 16.1 Å². The Balaban J connectivity index is 2.60. The quantitative estimate of drug-likeness (QED) is 0.696. The standard InChI is InChI=1S/C10H11N3O4S/c1-5-4-18-10-12-8(16)6(9(17)13(5)10)7(15)11-2-3-14/h4,14,16H,2-3H2,1H3,(H,11,15). The molecule has 2 aromatic rings. The Morgan fingerprint density at radius 3 is 3.00 bits per heavy atom. The predicted octanol–water partition coefficient (Wildman–Crippen LogP) is -0.508. The summed E-state index contributed by atoms with van der Waals surface area (Å²) in [5, 5.41) is 22.3. The van der Waals surface area contributed by atoms with Crippen LogP contribution in [0.2, 0.25) is 0 Å². The minimum Gasteiger partial charge on any atom is -0.492 e. The number of aliphatic hydroxyl groups excluding tert-OH is 1. The number of carbonyl (C=O) groups excluding carboxylic acids is 1. The molecule has 0 unspecified atom stereocenters. The zero-order valence-corrected chi connectivity index (χ0v) is 10.3. The molecule has 2 heterocycles. The fraction of sp³-hybridized carbons (Fsp3) is 0.300. The molecule has 0 aliphatic rings. The minimum atomic E-state index is -0.751. The average Bonchev–Trinajstić information content (AvgIpc) is 2.68. The van der Waals surface area contributed by atoms with Crippen LogP contribution >= 0.6 is 11.3 Å². The molecule has 0 bridgehead atoms. The highest BCUT2D eigenvalue weighted by Gasteiger charge is 2.20. The number of aromatic hydroxyl groups is 1. The number of thiazole rings is 1. The Labute approximate surface area is 105 Å². The van der Waals surface area contributed by atoms with Crippen molar-refractivity contribution in [3.05, 3.63) is 27.0 Å². The molecule has 0 spiro atoms. The molecular weight excluding hydrogens is 258 g/mol. The molecule has 18 heavy (non-hydrogen) atoms. The lowest BCUT2D eigenvalue weighted by Gasteiger charge is -2.05. The van der Waals surface area contributed by atoms with Gasteiger partial charge in [0.1, 0.15) is 0 Å². The van der Waals surface area contributed by atoms with Crippen molar-refractivity contribution in [1.29, 1.82) is 0 Å². The molecule has 7 nitrogen and oxygen atoms in total. The second kappa shape index (κ2) is 4.75. The molecule has 3 N–H and O–H groups in total. The summed E-state index contributed by atoms with van der Waals surface area (Å²) in [5.74, 6) is -1.35. The maximum Gasteiger partial charge on any atom is 0.275 e. The lowest BCUT2D eigenvalue weighted by molar-refractivity contribution is 0.0939. The van der Waals surface area contributed by atoms with Gasteiger partial charge in [-0.3, -0.25) is 14.0 Å². The summed E-state index contributed by atoms with van der Waals surface area (Å²) in [5.41, 5.74) is -0.391. The van der Waals surface area contributed by atoms with E-state index in [2.05, 4.69) is 10.3 Å². The normalized spacial score (nSPS) is 10.8. The van der Waals surface area contributed by atoms with E-state index in [9.17, 15) is 14.7 Å². The first-order valence-corrected chi connectivity index (χ1v) is 6.03. The first kappa shape index (κ1) is 12.5. The summed E-state index contributed by atoms with van der Waals surface area (Å²) in [6, 6.07) is 0. The molecule has 0 aliphatic heterocycles. The molecule has 0 radical (unpaired) electrons. The lowest BCUT2D eigenvalue weighted by atomic mass is 10.3. The summed E-state index contributed by atoms with van der Waals surface area (Å²) in [6.45, 7) is 1.46. The number of amides is 1. The highest BCUT2D eigenvalue weighted by molar-refractivity contribution is 7.15. The van der Waals surface area contributed by atoms with Gasteiger partial charge in [-0.15, -0.1) is 11.3 Å². The summed E-state index contributed by atoms with van der Waals surface area (Å²) in [4.78, 5) is 27.9. The fourth-order valence-electron chi connectivity index (χ4n) is 1.53. The Bertz CT molecular complexity index is 661. The number of aliphatic hydroxyl groups is 1. The fourth-order valence-corrected chi connectivity index (χ4v) is 2.38. The summed E-state index contributed by atoms with van der Waals surface area (Å²) in [7, 11) is 0. The predicted molar refractivity (Wildman–Crippen MR) is 65.2 cm³/mol. The van der Waals surface area contributed by atoms with Crippen molar-refractivity contribution >= 4 is 22.2 Å². The van der Waals surface area contributed by atoms with E-state index in [1.165, 1.54) is 15.7 Å². The molecule has 0 saturated carbocycles. The monoisotopic (exact) mass is 269 g/mol. The van der Waals surface area contributed by atoms with Crippen LogP contribution in [0.25, 0.3) is 4.96 Å². The van der Waals surface area contributed by atoms with Gasteiger partial charge in [0, 0.05) is 17.6 Å². The number of fused-ring (bicyclic) bond motifs is 1. The average molecular weight is 269 g/mol. The molecule has 0 fully saturated rings. The van der Waals surface area contributed by atoms with E-state index in [4.69, 9.17) is 5.11 Å². The third kappa shape index (κ3) is 1.95. The molecule has 2 rings (SSSR count). The van der Waals surface area contributed by atoms with Crippen LogP contribution in [-0.4, -0.2) is 38.7 Å². The molecule has 0 atom stereocenters. The highest BCUT2D eigenvalue weighted by atomic mass is 32.1. The van der Waals surface area contributed by atoms with Gasteiger partial charge < -0.3 is 15.5 Å². The van der Waals surface area contributed by atoms with Crippen molar-refractivity contribution in [3.63, 3.8) is 0 Å². The van der Waals surface area contributed by atoms with Crippen molar-refractivity contribution < 1.29 is 15.0 Å². The Morgan fingerprint density at radius 2 is 2.33 bits per heavy atom. The van der Waals surface area contributed by atoms with Crippen molar-refractivity contribution in [1.82, 2.24) is 14.7 Å². The molecule has 0 aromatic carbocycles. The van der Waals surface area contributed by atoms with Crippen LogP contribution in [0.15, 0.2) is 10.2 Å². The van der Waals surface area contributed by atoms with Crippen molar-refractivity contribution in [3.8, 4) is 5.88 Å². The van der Waals surface area contributed by atoms with E-state index in [0.717, 1.165) is 0 Å². The maximum atomic E-state index is 12.1. The Kier molecular flexibility index (Phi) is 3.30. The molecule has 0 aliphatic carbocycles. The topological polar surface area (TPSA) is 104 Å². The zero-order chi connectivity index (χ0) is 13.3. The number of carbonyl (C=O) groups is 1. The summed E-state index contributed by atoms with van der Waals surface area (Å²) >= 11 is 1.20. The highest BCUT2D eigenvalue weighted by Crippen LogP contribution is 2.17. The van der Waals surface area contributed by atoms with Crippen molar-refractivity contribution in [2.24, 2.45) is 0 Å². The third-order valence-corrected chi connectivity index (χ3v) is 3.29. The number of nitrogens with zero attached hydrogens (tertiary/aromatic N) is 2. The third-order valence-electron chi connectivity index (χ3n) is 2.35. The number of nitrogens with one attached hydrogen (secondary N) is 1. The first-order chi connectivity index (χ1) is 8.56. The number of aromatic nitrogens is 2. The van der Waals surface area contributed by atoms with Crippen LogP contribution in [0.4, 0.5) is 0 Å². The SMILES string of the molecule is Cc1csc2nc(O)c(C(=O)NCCO)c(=O)n12. The van der Waals surface area contributed by atoms with Crippen LogP contribution in [0.5, 0.6) is 5.88 Å². The molecule has 0 saturated heterocycles. The van der Waals surface area contributed by atoms with Crippen molar-refractivity contribution in [2.75, 3.05) is 13.2 Å². The van der Waals surface area contributed by atoms with Gasteiger partial charge in [-0.2, -0.15) is 4.98 Å². The number of aryl methyl sites for hydroxylation is 1. The van der Waals surface area contributed by atoms with Gasteiger partial charge in [-0.1, -0.05) is 0 Å². The zero-order valence-electron chi connectivity index (χ0n) is 9.51. The molecule has 96 valence electrons. The minimum absolute atomic E-state index is 0.00301. The largest absolute Gasteiger partial charge is 0.492 e. The molecule has 8 heteroatoms. The smallest absolute Gasteiger partial charge is 0.275 e. The van der Waals surface area contributed by atoms with E-state index >= 15 is 0 Å². The Morgan fingerprint density at radius 1 is 1.61 bits per heavy atom. The molecular formula is C10H11N3O4S. The van der Waals surface area contributed by atoms with Crippen LogP contribution in [-0.2, 0) is 0 Å². The summed E-state index contributed by atoms with van der Waals surface area (Å²) < 4.78 is 1.26. The van der Waals surface area contributed by atoms with E-state index in [0.29, 0.717) is 10.7 Å². The van der Waals surface area contributed by atoms with Gasteiger partial charge >= 0.3 is 0 Å². The second-order valence-corrected chi connectivity index (χ2v) is 4.43. The number of hydrogen-bond donors (Lipinski definition) is 3. The van der Waals surface area contributed by atoms with E-state index in [1.807, 2.05) is 0 Å². The molecule has 1 amide bonds. The van der Waals surface area contributed by atoms with Gasteiger partial charge in [-0.25, -0.2) is 0 Å². The first-order valence-electron chi connectivity index (χ1n) is 5.15. The van der Waals surface area contributed by atoms with E-state index in [1.54, 1.807) is 12.3 Å². The maximum absolute atomic E-state index is 12.1. The summed E-state index contributed by atoms with van der Waals surface area (Å²) in [6.07, 6.45) is 0. The molecule has 2 aromatic heterocycles. The van der Waals surface area contributed by atoms with E-state index < -0.39 is 22.9 Å². The van der Waals surface area contributed by atoms with Gasteiger partial charge in [0.15, 0.2) is 10.5 Å². The van der Waals surface area contributed by atoms with E-state index in [-0.39, 0.29) is 13.2 Å². The number of hydrogen-bond acceptors (Lipinski definition) is 6. The number of rotatable bonds is 3. The van der Waals surface area contributed by atoms with Gasteiger partial charge in [-0.05, 0) is 6.92 Å². The van der Waals surface area contributed by atoms with Crippen molar-refractivity contribution in [2.45, 2.75) is 6.92 Å². The lowest BCUT2D eigenvalue weighted by Crippen LogP contribution is -2.33. The van der Waals surface area contributed by atoms with Crippen LogP contribution < -0.4 is 10.9 Å². The van der Waals surface area contributed by atoms with Crippen LogP contribution in [0, 0.1) is 6.92 Å². The van der Waals surface area contributed by atoms with Crippen LogP contribution in [0.3, 0.4) is 0 Å². The Hall–Kier alpha value is -1.93.